The third kappa shape index (κ3) is 3.83. The van der Waals surface area contributed by atoms with Crippen LogP contribution in [0.15, 0.2) is 35.2 Å². The van der Waals surface area contributed by atoms with Crippen LogP contribution in [0.5, 0.6) is 0 Å². The molecule has 0 aliphatic rings. The molecule has 0 radical (unpaired) electrons. The Hall–Kier alpha value is -0.470. The maximum absolute atomic E-state index is 9.06. The van der Waals surface area contributed by atoms with Crippen molar-refractivity contribution in [3.8, 4) is 0 Å². The first-order chi connectivity index (χ1) is 6.14. The number of hydrogen-bond acceptors (Lipinski definition) is 2. The molecule has 1 aromatic rings. The molecular formula is C11H16OS. The standard InChI is InChI=1S/C11H16OS/c1-11(2,8-12)9-13-10-6-4-3-5-7-10/h3-7,12H,8-9H2,1-2H3. The van der Waals surface area contributed by atoms with Gasteiger partial charge < -0.3 is 5.11 Å². The van der Waals surface area contributed by atoms with Crippen LogP contribution in [0.2, 0.25) is 0 Å². The summed E-state index contributed by atoms with van der Waals surface area (Å²) < 4.78 is 0. The Balaban J connectivity index is 2.44. The highest BCUT2D eigenvalue weighted by molar-refractivity contribution is 7.99. The van der Waals surface area contributed by atoms with Crippen molar-refractivity contribution in [2.24, 2.45) is 5.41 Å². The molecule has 0 amide bonds. The van der Waals surface area contributed by atoms with Crippen LogP contribution in [-0.2, 0) is 0 Å². The van der Waals surface area contributed by atoms with Gasteiger partial charge in [-0.2, -0.15) is 0 Å². The molecule has 0 unspecified atom stereocenters. The average molecular weight is 196 g/mol. The van der Waals surface area contributed by atoms with Gasteiger partial charge in [0.25, 0.3) is 0 Å². The monoisotopic (exact) mass is 196 g/mol. The predicted molar refractivity (Wildman–Crippen MR) is 58.0 cm³/mol. The van der Waals surface area contributed by atoms with Crippen molar-refractivity contribution in [2.45, 2.75) is 18.7 Å². The van der Waals surface area contributed by atoms with E-state index in [9.17, 15) is 0 Å². The van der Waals surface area contributed by atoms with Crippen molar-refractivity contribution >= 4 is 11.8 Å². The van der Waals surface area contributed by atoms with Gasteiger partial charge in [0.05, 0.1) is 0 Å². The Bertz CT molecular complexity index is 244. The minimum Gasteiger partial charge on any atom is -0.396 e. The van der Waals surface area contributed by atoms with Crippen molar-refractivity contribution in [3.05, 3.63) is 30.3 Å². The molecule has 0 saturated heterocycles. The zero-order valence-corrected chi connectivity index (χ0v) is 8.97. The summed E-state index contributed by atoms with van der Waals surface area (Å²) in [5.74, 6) is 0.952. The van der Waals surface area contributed by atoms with Gasteiger partial charge in [0, 0.05) is 17.3 Å². The van der Waals surface area contributed by atoms with Gasteiger partial charge in [-0.25, -0.2) is 0 Å². The van der Waals surface area contributed by atoms with Crippen LogP contribution in [0, 0.1) is 5.41 Å². The quantitative estimate of drug-likeness (QED) is 0.747. The van der Waals surface area contributed by atoms with Gasteiger partial charge in [-0.15, -0.1) is 11.8 Å². The number of thioether (sulfide) groups is 1. The molecule has 0 aliphatic carbocycles. The van der Waals surface area contributed by atoms with Crippen LogP contribution in [0.25, 0.3) is 0 Å². The highest BCUT2D eigenvalue weighted by Crippen LogP contribution is 2.26. The summed E-state index contributed by atoms with van der Waals surface area (Å²) in [6, 6.07) is 10.3. The Labute approximate surface area is 84.2 Å². The van der Waals surface area contributed by atoms with E-state index in [1.807, 2.05) is 18.2 Å². The third-order valence-electron chi connectivity index (χ3n) is 1.80. The van der Waals surface area contributed by atoms with E-state index in [1.54, 1.807) is 11.8 Å². The first-order valence-corrected chi connectivity index (χ1v) is 5.41. The molecule has 13 heavy (non-hydrogen) atoms. The fourth-order valence-electron chi connectivity index (χ4n) is 0.841. The maximum Gasteiger partial charge on any atom is 0.0490 e. The van der Waals surface area contributed by atoms with Gasteiger partial charge in [0.15, 0.2) is 0 Å². The smallest absolute Gasteiger partial charge is 0.0490 e. The Morgan fingerprint density at radius 3 is 2.38 bits per heavy atom. The first-order valence-electron chi connectivity index (χ1n) is 4.43. The highest BCUT2D eigenvalue weighted by atomic mass is 32.2. The van der Waals surface area contributed by atoms with E-state index >= 15 is 0 Å². The average Bonchev–Trinajstić information content (AvgIpc) is 2.17. The van der Waals surface area contributed by atoms with Crippen molar-refractivity contribution in [3.63, 3.8) is 0 Å². The molecule has 0 heterocycles. The van der Waals surface area contributed by atoms with E-state index in [-0.39, 0.29) is 12.0 Å². The predicted octanol–water partition coefficient (Wildman–Crippen LogP) is 2.80. The van der Waals surface area contributed by atoms with E-state index < -0.39 is 0 Å². The lowest BCUT2D eigenvalue weighted by molar-refractivity contribution is 0.181. The second-order valence-corrected chi connectivity index (χ2v) is 4.97. The number of rotatable bonds is 4. The fraction of sp³-hybridized carbons (Fsp3) is 0.455. The fourth-order valence-corrected chi connectivity index (χ4v) is 1.84. The summed E-state index contributed by atoms with van der Waals surface area (Å²) >= 11 is 1.79. The first kappa shape index (κ1) is 10.6. The zero-order valence-electron chi connectivity index (χ0n) is 8.16. The Morgan fingerprint density at radius 1 is 1.23 bits per heavy atom. The SMILES string of the molecule is CC(C)(CO)CSc1ccccc1. The summed E-state index contributed by atoms with van der Waals surface area (Å²) in [5.41, 5.74) is 0.0144. The van der Waals surface area contributed by atoms with Crippen molar-refractivity contribution in [1.82, 2.24) is 0 Å². The van der Waals surface area contributed by atoms with E-state index in [0.717, 1.165) is 5.75 Å². The van der Waals surface area contributed by atoms with E-state index in [2.05, 4.69) is 26.0 Å². The van der Waals surface area contributed by atoms with Gasteiger partial charge in [-0.3, -0.25) is 0 Å². The van der Waals surface area contributed by atoms with Crippen LogP contribution in [0.1, 0.15) is 13.8 Å². The number of aliphatic hydroxyl groups is 1. The van der Waals surface area contributed by atoms with Crippen molar-refractivity contribution in [1.29, 1.82) is 0 Å². The molecule has 2 heteroatoms. The maximum atomic E-state index is 9.06. The van der Waals surface area contributed by atoms with Gasteiger partial charge >= 0.3 is 0 Å². The van der Waals surface area contributed by atoms with Gasteiger partial charge in [0.2, 0.25) is 0 Å². The van der Waals surface area contributed by atoms with Gasteiger partial charge in [-0.05, 0) is 17.5 Å². The molecule has 1 rings (SSSR count). The van der Waals surface area contributed by atoms with Crippen molar-refractivity contribution in [2.75, 3.05) is 12.4 Å². The van der Waals surface area contributed by atoms with Gasteiger partial charge in [-0.1, -0.05) is 32.0 Å². The molecule has 0 aromatic heterocycles. The highest BCUT2D eigenvalue weighted by Gasteiger charge is 2.16. The van der Waals surface area contributed by atoms with Crippen LogP contribution in [0.3, 0.4) is 0 Å². The third-order valence-corrected chi connectivity index (χ3v) is 3.33. The minimum absolute atomic E-state index is 0.0144. The second kappa shape index (κ2) is 4.68. The molecule has 0 saturated carbocycles. The molecule has 0 atom stereocenters. The zero-order chi connectivity index (χ0) is 9.73. The van der Waals surface area contributed by atoms with Gasteiger partial charge in [0.1, 0.15) is 0 Å². The van der Waals surface area contributed by atoms with Crippen LogP contribution < -0.4 is 0 Å². The van der Waals surface area contributed by atoms with Crippen LogP contribution >= 0.6 is 11.8 Å². The lowest BCUT2D eigenvalue weighted by Crippen LogP contribution is -2.19. The van der Waals surface area contributed by atoms with E-state index in [1.165, 1.54) is 4.90 Å². The molecule has 0 spiro atoms. The summed E-state index contributed by atoms with van der Waals surface area (Å²) in [6.07, 6.45) is 0. The molecular weight excluding hydrogens is 180 g/mol. The topological polar surface area (TPSA) is 20.2 Å². The van der Waals surface area contributed by atoms with Crippen molar-refractivity contribution < 1.29 is 5.11 Å². The normalized spacial score (nSPS) is 11.6. The summed E-state index contributed by atoms with van der Waals surface area (Å²) in [4.78, 5) is 1.27. The molecule has 1 nitrogen and oxygen atoms in total. The van der Waals surface area contributed by atoms with E-state index in [4.69, 9.17) is 5.11 Å². The van der Waals surface area contributed by atoms with E-state index in [0.29, 0.717) is 0 Å². The Morgan fingerprint density at radius 2 is 1.85 bits per heavy atom. The Kier molecular flexibility index (Phi) is 3.82. The number of aliphatic hydroxyl groups excluding tert-OH is 1. The molecule has 72 valence electrons. The minimum atomic E-state index is 0.0144. The van der Waals surface area contributed by atoms with Crippen LogP contribution in [-0.4, -0.2) is 17.5 Å². The lowest BCUT2D eigenvalue weighted by atomic mass is 9.98. The molecule has 1 N–H and O–H groups in total. The number of benzene rings is 1. The molecule has 0 fully saturated rings. The largest absolute Gasteiger partial charge is 0.396 e. The summed E-state index contributed by atoms with van der Waals surface area (Å²) in [5, 5.41) is 9.06. The molecule has 1 aromatic carbocycles. The van der Waals surface area contributed by atoms with Crippen LogP contribution in [0.4, 0.5) is 0 Å². The molecule has 0 bridgehead atoms. The lowest BCUT2D eigenvalue weighted by Gasteiger charge is -2.20. The summed E-state index contributed by atoms with van der Waals surface area (Å²) in [7, 11) is 0. The summed E-state index contributed by atoms with van der Waals surface area (Å²) in [6.45, 7) is 4.39. The second-order valence-electron chi connectivity index (χ2n) is 3.92. The number of hydrogen-bond donors (Lipinski definition) is 1. The molecule has 0 aliphatic heterocycles.